The SMILES string of the molecule is NC(c1cc2c(s1)CCCC2)C1CCOC2(CCC2)C1. The predicted octanol–water partition coefficient (Wildman–Crippen LogP) is 3.98. The highest BCUT2D eigenvalue weighted by molar-refractivity contribution is 7.12. The Morgan fingerprint density at radius 1 is 1.25 bits per heavy atom. The molecule has 2 heterocycles. The van der Waals surface area contributed by atoms with Crippen LogP contribution in [0.25, 0.3) is 0 Å². The number of rotatable bonds is 2. The van der Waals surface area contributed by atoms with Gasteiger partial charge in [-0.3, -0.25) is 0 Å². The van der Waals surface area contributed by atoms with E-state index < -0.39 is 0 Å². The molecule has 20 heavy (non-hydrogen) atoms. The van der Waals surface area contributed by atoms with Crippen LogP contribution in [0.3, 0.4) is 0 Å². The summed E-state index contributed by atoms with van der Waals surface area (Å²) in [6, 6.07) is 2.67. The largest absolute Gasteiger partial charge is 0.375 e. The minimum Gasteiger partial charge on any atom is -0.375 e. The van der Waals surface area contributed by atoms with E-state index in [0.29, 0.717) is 5.92 Å². The van der Waals surface area contributed by atoms with Crippen LogP contribution in [0.2, 0.25) is 0 Å². The number of aryl methyl sites for hydroxylation is 2. The minimum absolute atomic E-state index is 0.220. The van der Waals surface area contributed by atoms with E-state index in [-0.39, 0.29) is 11.6 Å². The van der Waals surface area contributed by atoms with E-state index >= 15 is 0 Å². The van der Waals surface area contributed by atoms with Crippen molar-refractivity contribution in [3.05, 3.63) is 21.4 Å². The first-order valence-corrected chi connectivity index (χ1v) is 9.08. The van der Waals surface area contributed by atoms with Gasteiger partial charge in [0.2, 0.25) is 0 Å². The van der Waals surface area contributed by atoms with E-state index in [1.54, 1.807) is 10.4 Å². The molecule has 3 aliphatic rings. The Hall–Kier alpha value is -0.380. The van der Waals surface area contributed by atoms with Gasteiger partial charge in [0.25, 0.3) is 0 Å². The second kappa shape index (κ2) is 5.11. The molecule has 1 saturated carbocycles. The lowest BCUT2D eigenvalue weighted by Crippen LogP contribution is -2.47. The summed E-state index contributed by atoms with van der Waals surface area (Å²) >= 11 is 2.00. The number of ether oxygens (including phenoxy) is 1. The molecule has 1 spiro atoms. The average molecular weight is 291 g/mol. The monoisotopic (exact) mass is 291 g/mol. The lowest BCUT2D eigenvalue weighted by Gasteiger charge is -2.48. The molecular weight excluding hydrogens is 266 g/mol. The van der Waals surface area contributed by atoms with Crippen molar-refractivity contribution in [2.75, 3.05) is 6.61 Å². The van der Waals surface area contributed by atoms with Crippen molar-refractivity contribution >= 4 is 11.3 Å². The van der Waals surface area contributed by atoms with Crippen LogP contribution in [-0.4, -0.2) is 12.2 Å². The highest BCUT2D eigenvalue weighted by atomic mass is 32.1. The summed E-state index contributed by atoms with van der Waals surface area (Å²) in [4.78, 5) is 3.06. The lowest BCUT2D eigenvalue weighted by atomic mass is 9.70. The molecule has 4 rings (SSSR count). The molecular formula is C17H25NOS. The molecule has 1 aliphatic heterocycles. The van der Waals surface area contributed by atoms with Gasteiger partial charge in [-0.25, -0.2) is 0 Å². The molecule has 110 valence electrons. The molecule has 2 N–H and O–H groups in total. The maximum absolute atomic E-state index is 6.64. The van der Waals surface area contributed by atoms with Crippen molar-refractivity contribution in [1.29, 1.82) is 0 Å². The molecule has 2 atom stereocenters. The quantitative estimate of drug-likeness (QED) is 0.894. The molecule has 2 fully saturated rings. The first-order chi connectivity index (χ1) is 9.76. The zero-order valence-corrected chi connectivity index (χ0v) is 13.0. The third kappa shape index (κ3) is 2.24. The summed E-state index contributed by atoms with van der Waals surface area (Å²) in [7, 11) is 0. The van der Waals surface area contributed by atoms with Crippen LogP contribution < -0.4 is 5.73 Å². The molecule has 0 bridgehead atoms. The van der Waals surface area contributed by atoms with Gasteiger partial charge < -0.3 is 10.5 Å². The Morgan fingerprint density at radius 2 is 2.10 bits per heavy atom. The summed E-state index contributed by atoms with van der Waals surface area (Å²) in [5.41, 5.74) is 8.45. The van der Waals surface area contributed by atoms with E-state index in [1.807, 2.05) is 11.3 Å². The second-order valence-electron chi connectivity index (χ2n) is 6.97. The molecule has 0 radical (unpaired) electrons. The van der Waals surface area contributed by atoms with Gasteiger partial charge in [-0.1, -0.05) is 0 Å². The maximum atomic E-state index is 6.64. The zero-order chi connectivity index (χ0) is 13.6. The van der Waals surface area contributed by atoms with E-state index in [0.717, 1.165) is 13.0 Å². The van der Waals surface area contributed by atoms with E-state index in [4.69, 9.17) is 10.5 Å². The van der Waals surface area contributed by atoms with Crippen LogP contribution in [0.1, 0.15) is 66.3 Å². The second-order valence-corrected chi connectivity index (χ2v) is 8.14. The maximum Gasteiger partial charge on any atom is 0.0686 e. The Morgan fingerprint density at radius 3 is 2.85 bits per heavy atom. The summed E-state index contributed by atoms with van der Waals surface area (Å²) in [5.74, 6) is 0.629. The molecule has 2 unspecified atom stereocenters. The van der Waals surface area contributed by atoms with E-state index in [9.17, 15) is 0 Å². The first kappa shape index (κ1) is 13.3. The number of hydrogen-bond acceptors (Lipinski definition) is 3. The average Bonchev–Trinajstić information content (AvgIpc) is 2.89. The van der Waals surface area contributed by atoms with Crippen molar-refractivity contribution in [2.45, 2.75) is 69.4 Å². The number of hydrogen-bond donors (Lipinski definition) is 1. The lowest BCUT2D eigenvalue weighted by molar-refractivity contribution is -0.146. The Balaban J connectivity index is 1.51. The molecule has 0 aromatic carbocycles. The Labute approximate surface area is 125 Å². The van der Waals surface area contributed by atoms with Gasteiger partial charge in [-0.15, -0.1) is 11.3 Å². The van der Waals surface area contributed by atoms with Crippen LogP contribution in [0.4, 0.5) is 0 Å². The fourth-order valence-electron chi connectivity index (χ4n) is 4.20. The standard InChI is InChI=1S/C17H25NOS/c18-16(13-6-9-19-17(11-13)7-3-8-17)15-10-12-4-1-2-5-14(12)20-15/h10,13,16H,1-9,11,18H2. The van der Waals surface area contributed by atoms with Gasteiger partial charge in [-0.2, -0.15) is 0 Å². The highest BCUT2D eigenvalue weighted by Gasteiger charge is 2.44. The van der Waals surface area contributed by atoms with E-state index in [2.05, 4.69) is 6.07 Å². The molecule has 1 aromatic heterocycles. The topological polar surface area (TPSA) is 35.2 Å². The smallest absolute Gasteiger partial charge is 0.0686 e. The van der Waals surface area contributed by atoms with Gasteiger partial charge in [0, 0.05) is 22.4 Å². The molecule has 0 amide bonds. The zero-order valence-electron chi connectivity index (χ0n) is 12.2. The Bertz CT molecular complexity index is 468. The molecule has 1 aromatic rings. The van der Waals surface area contributed by atoms with Crippen LogP contribution >= 0.6 is 11.3 Å². The van der Waals surface area contributed by atoms with Gasteiger partial charge in [0.05, 0.1) is 5.60 Å². The number of fused-ring (bicyclic) bond motifs is 1. The molecule has 2 nitrogen and oxygen atoms in total. The summed E-state index contributed by atoms with van der Waals surface area (Å²) in [6.07, 6.45) is 11.5. The van der Waals surface area contributed by atoms with Gasteiger partial charge in [0.1, 0.15) is 0 Å². The highest BCUT2D eigenvalue weighted by Crippen LogP contribution is 2.47. The summed E-state index contributed by atoms with van der Waals surface area (Å²) in [6.45, 7) is 0.920. The fraction of sp³-hybridized carbons (Fsp3) is 0.765. The minimum atomic E-state index is 0.220. The van der Waals surface area contributed by atoms with Crippen LogP contribution in [0, 0.1) is 5.92 Å². The van der Waals surface area contributed by atoms with Crippen molar-refractivity contribution in [2.24, 2.45) is 11.7 Å². The van der Waals surface area contributed by atoms with E-state index in [1.165, 1.54) is 56.2 Å². The third-order valence-corrected chi connectivity index (χ3v) is 6.99. The summed E-state index contributed by atoms with van der Waals surface area (Å²) in [5, 5.41) is 0. The van der Waals surface area contributed by atoms with Crippen molar-refractivity contribution in [1.82, 2.24) is 0 Å². The first-order valence-electron chi connectivity index (χ1n) is 8.27. The third-order valence-electron chi connectivity index (χ3n) is 5.65. The molecule has 1 saturated heterocycles. The van der Waals surface area contributed by atoms with Crippen molar-refractivity contribution < 1.29 is 4.74 Å². The molecule has 3 heteroatoms. The van der Waals surface area contributed by atoms with Crippen molar-refractivity contribution in [3.8, 4) is 0 Å². The summed E-state index contributed by atoms with van der Waals surface area (Å²) < 4.78 is 6.05. The molecule has 2 aliphatic carbocycles. The van der Waals surface area contributed by atoms with Gasteiger partial charge in [0.15, 0.2) is 0 Å². The Kier molecular flexibility index (Phi) is 3.40. The normalized spacial score (nSPS) is 29.8. The van der Waals surface area contributed by atoms with Crippen LogP contribution in [-0.2, 0) is 17.6 Å². The fourth-order valence-corrected chi connectivity index (χ4v) is 5.55. The number of nitrogens with two attached hydrogens (primary N) is 1. The number of thiophene rings is 1. The van der Waals surface area contributed by atoms with Crippen LogP contribution in [0.5, 0.6) is 0 Å². The van der Waals surface area contributed by atoms with Gasteiger partial charge >= 0.3 is 0 Å². The van der Waals surface area contributed by atoms with Gasteiger partial charge in [-0.05, 0) is 75.3 Å². The van der Waals surface area contributed by atoms with Crippen molar-refractivity contribution in [3.63, 3.8) is 0 Å². The predicted molar refractivity (Wildman–Crippen MR) is 83.1 cm³/mol. The van der Waals surface area contributed by atoms with Crippen LogP contribution in [0.15, 0.2) is 6.07 Å².